The van der Waals surface area contributed by atoms with Crippen LogP contribution in [0.5, 0.6) is 0 Å². The molecule has 2 aromatic rings. The van der Waals surface area contributed by atoms with E-state index in [1.807, 2.05) is 38.1 Å². The third-order valence-electron chi connectivity index (χ3n) is 5.44. The van der Waals surface area contributed by atoms with Crippen LogP contribution in [-0.4, -0.2) is 23.1 Å². The van der Waals surface area contributed by atoms with Gasteiger partial charge in [-0.05, 0) is 49.9 Å². The van der Waals surface area contributed by atoms with Crippen LogP contribution in [0, 0.1) is 25.2 Å². The molecule has 1 amide bonds. The number of hydrogen-bond donors (Lipinski definition) is 1. The minimum Gasteiger partial charge on any atom is -0.455 e. The van der Waals surface area contributed by atoms with Crippen molar-refractivity contribution >= 4 is 33.6 Å². The highest BCUT2D eigenvalue weighted by Gasteiger charge is 2.26. The molecule has 1 aromatic heterocycles. The second kappa shape index (κ2) is 9.27. The van der Waals surface area contributed by atoms with Gasteiger partial charge >= 0.3 is 5.97 Å². The van der Waals surface area contributed by atoms with Crippen LogP contribution in [0.3, 0.4) is 0 Å². The van der Waals surface area contributed by atoms with E-state index in [-0.39, 0.29) is 19.1 Å². The summed E-state index contributed by atoms with van der Waals surface area (Å²) in [7, 11) is 0. The van der Waals surface area contributed by atoms with Gasteiger partial charge in [0.25, 0.3) is 5.91 Å². The highest BCUT2D eigenvalue weighted by molar-refractivity contribution is 9.10. The van der Waals surface area contributed by atoms with E-state index in [2.05, 4.69) is 31.9 Å². The second-order valence-corrected chi connectivity index (χ2v) is 8.28. The minimum atomic E-state index is -0.471. The Morgan fingerprint density at radius 1 is 1.24 bits per heavy atom. The number of aromatic nitrogens is 1. The Morgan fingerprint density at radius 3 is 2.52 bits per heavy atom. The lowest BCUT2D eigenvalue weighted by Gasteiger charge is -2.19. The molecule has 1 aliphatic rings. The van der Waals surface area contributed by atoms with Crippen LogP contribution in [0.15, 0.2) is 28.7 Å². The van der Waals surface area contributed by atoms with E-state index in [4.69, 9.17) is 4.74 Å². The Morgan fingerprint density at radius 2 is 1.90 bits per heavy atom. The molecule has 7 heteroatoms. The largest absolute Gasteiger partial charge is 0.455 e. The number of esters is 1. The summed E-state index contributed by atoms with van der Waals surface area (Å²) in [5.41, 5.74) is 3.16. The van der Waals surface area contributed by atoms with E-state index in [1.54, 1.807) is 0 Å². The molecule has 152 valence electrons. The molecule has 0 radical (unpaired) electrons. The van der Waals surface area contributed by atoms with Crippen LogP contribution in [-0.2, 0) is 20.7 Å². The summed E-state index contributed by atoms with van der Waals surface area (Å²) in [5, 5.41) is 12.4. The topological polar surface area (TPSA) is 84.1 Å². The first-order valence-corrected chi connectivity index (χ1v) is 10.5. The Labute approximate surface area is 179 Å². The van der Waals surface area contributed by atoms with Gasteiger partial charge in [0, 0.05) is 16.2 Å². The van der Waals surface area contributed by atoms with Crippen LogP contribution in [0.2, 0.25) is 0 Å². The minimum absolute atomic E-state index is 0.0979. The number of nitriles is 1. The molecule has 0 spiro atoms. The number of hydrogen-bond acceptors (Lipinski definition) is 4. The summed E-state index contributed by atoms with van der Waals surface area (Å²) >= 11 is 3.35. The monoisotopic (exact) mass is 457 g/mol. The Balaban J connectivity index is 1.65. The van der Waals surface area contributed by atoms with Crippen LogP contribution >= 0.6 is 15.9 Å². The molecule has 6 nitrogen and oxygen atoms in total. The zero-order chi connectivity index (χ0) is 21.0. The maximum atomic E-state index is 12.5. The number of carbonyl (C=O) groups excluding carboxylic acids is 2. The molecule has 0 saturated heterocycles. The fraction of sp³-hybridized carbons (Fsp3) is 0.409. The van der Waals surface area contributed by atoms with Crippen molar-refractivity contribution in [2.24, 2.45) is 0 Å². The summed E-state index contributed by atoms with van der Waals surface area (Å²) in [4.78, 5) is 24.5. The molecule has 0 aliphatic heterocycles. The lowest BCUT2D eigenvalue weighted by Crippen LogP contribution is -2.24. The fourth-order valence-electron chi connectivity index (χ4n) is 3.84. The number of carbonyl (C=O) groups is 2. The first-order chi connectivity index (χ1) is 13.9. The van der Waals surface area contributed by atoms with Gasteiger partial charge in [-0.15, -0.1) is 0 Å². The van der Waals surface area contributed by atoms with E-state index in [0.29, 0.717) is 11.4 Å². The van der Waals surface area contributed by atoms with Gasteiger partial charge in [0.15, 0.2) is 6.61 Å². The van der Waals surface area contributed by atoms with Gasteiger partial charge in [0.2, 0.25) is 0 Å². The van der Waals surface area contributed by atoms with E-state index in [0.717, 1.165) is 47.0 Å². The van der Waals surface area contributed by atoms with E-state index in [1.165, 1.54) is 0 Å². The average molecular weight is 458 g/mol. The number of anilines is 1. The predicted octanol–water partition coefficient (Wildman–Crippen LogP) is 4.58. The molecule has 1 N–H and O–H groups in total. The molecule has 1 fully saturated rings. The quantitative estimate of drug-likeness (QED) is 0.643. The molecule has 1 aliphatic carbocycles. The number of amides is 1. The van der Waals surface area contributed by atoms with Gasteiger partial charge in [0.1, 0.15) is 11.9 Å². The van der Waals surface area contributed by atoms with Crippen LogP contribution in [0.25, 0.3) is 0 Å². The van der Waals surface area contributed by atoms with E-state index in [9.17, 15) is 14.9 Å². The van der Waals surface area contributed by atoms with Gasteiger partial charge < -0.3 is 14.6 Å². The van der Waals surface area contributed by atoms with Crippen molar-refractivity contribution in [1.82, 2.24) is 4.57 Å². The van der Waals surface area contributed by atoms with Gasteiger partial charge in [-0.2, -0.15) is 5.26 Å². The maximum Gasteiger partial charge on any atom is 0.310 e. The van der Waals surface area contributed by atoms with Gasteiger partial charge in [-0.25, -0.2) is 0 Å². The van der Waals surface area contributed by atoms with Crippen molar-refractivity contribution in [3.8, 4) is 6.07 Å². The first-order valence-electron chi connectivity index (χ1n) is 9.72. The van der Waals surface area contributed by atoms with E-state index >= 15 is 0 Å². The number of ether oxygens (including phenoxy) is 1. The molecular weight excluding hydrogens is 434 g/mol. The first kappa shape index (κ1) is 21.1. The normalized spacial score (nSPS) is 13.9. The second-order valence-electron chi connectivity index (χ2n) is 7.37. The predicted molar refractivity (Wildman–Crippen MR) is 114 cm³/mol. The highest BCUT2D eigenvalue weighted by Crippen LogP contribution is 2.37. The van der Waals surface area contributed by atoms with Crippen molar-refractivity contribution < 1.29 is 14.3 Å². The maximum absolute atomic E-state index is 12.5. The summed E-state index contributed by atoms with van der Waals surface area (Å²) in [5.74, 6) is -0.396. The zero-order valence-corrected chi connectivity index (χ0v) is 18.2. The lowest BCUT2D eigenvalue weighted by atomic mass is 10.2. The molecule has 0 unspecified atom stereocenters. The summed E-state index contributed by atoms with van der Waals surface area (Å²) < 4.78 is 8.13. The molecule has 3 rings (SSSR count). The van der Waals surface area contributed by atoms with Crippen molar-refractivity contribution in [3.05, 3.63) is 51.1 Å². The summed E-state index contributed by atoms with van der Waals surface area (Å²) in [6, 6.07) is 9.84. The smallest absolute Gasteiger partial charge is 0.310 e. The number of rotatable bonds is 6. The van der Waals surface area contributed by atoms with Gasteiger partial charge in [0.05, 0.1) is 12.0 Å². The Kier molecular flexibility index (Phi) is 6.75. The van der Waals surface area contributed by atoms with Crippen molar-refractivity contribution in [2.45, 2.75) is 52.0 Å². The van der Waals surface area contributed by atoms with Crippen molar-refractivity contribution in [2.75, 3.05) is 11.9 Å². The van der Waals surface area contributed by atoms with Crippen LogP contribution in [0.4, 0.5) is 5.82 Å². The van der Waals surface area contributed by atoms with Gasteiger partial charge in [-0.3, -0.25) is 9.59 Å². The number of halogens is 1. The molecule has 1 heterocycles. The average Bonchev–Trinajstić information content (AvgIpc) is 3.29. The molecule has 0 atom stereocenters. The van der Waals surface area contributed by atoms with Crippen LogP contribution in [0.1, 0.15) is 54.1 Å². The lowest BCUT2D eigenvalue weighted by molar-refractivity contribution is -0.146. The third kappa shape index (κ3) is 4.88. The molecule has 29 heavy (non-hydrogen) atoms. The van der Waals surface area contributed by atoms with Crippen molar-refractivity contribution in [3.63, 3.8) is 0 Å². The Hall–Kier alpha value is -2.59. The highest BCUT2D eigenvalue weighted by atomic mass is 79.9. The standard InChI is InChI=1S/C22H24BrN3O3/c1-14-15(2)26(18-5-3-4-6-18)22(19(14)12-24)25-20(27)13-29-21(28)11-16-7-9-17(23)10-8-16/h7-10,18H,3-6,11,13H2,1-2H3,(H,25,27). The Bertz CT molecular complexity index is 951. The summed E-state index contributed by atoms with van der Waals surface area (Å²) in [6.45, 7) is 3.49. The van der Waals surface area contributed by atoms with Crippen molar-refractivity contribution in [1.29, 1.82) is 5.26 Å². The number of nitrogens with zero attached hydrogens (tertiary/aromatic N) is 2. The fourth-order valence-corrected chi connectivity index (χ4v) is 4.10. The number of benzene rings is 1. The number of nitrogens with one attached hydrogen (secondary N) is 1. The zero-order valence-electron chi connectivity index (χ0n) is 16.6. The molecule has 1 aromatic carbocycles. The molecular formula is C22H24BrN3O3. The SMILES string of the molecule is Cc1c(C#N)c(NC(=O)COC(=O)Cc2ccc(Br)cc2)n(C2CCCC2)c1C. The molecule has 0 bridgehead atoms. The molecule has 1 saturated carbocycles. The summed E-state index contributed by atoms with van der Waals surface area (Å²) in [6.07, 6.45) is 4.45. The van der Waals surface area contributed by atoms with Gasteiger partial charge in [-0.1, -0.05) is 40.9 Å². The third-order valence-corrected chi connectivity index (χ3v) is 5.97. The van der Waals surface area contributed by atoms with E-state index < -0.39 is 11.9 Å². The van der Waals surface area contributed by atoms with Crippen LogP contribution < -0.4 is 5.32 Å².